The number of rotatable bonds is 3. The third-order valence-corrected chi connectivity index (χ3v) is 4.19. The van der Waals surface area contributed by atoms with E-state index in [2.05, 4.69) is 26.6 Å². The molecular weight excluding hydrogens is 324 g/mol. The topological polar surface area (TPSA) is 33.3 Å². The van der Waals surface area contributed by atoms with Crippen molar-refractivity contribution in [2.24, 2.45) is 0 Å². The summed E-state index contributed by atoms with van der Waals surface area (Å²) in [5.41, 5.74) is 0.959. The number of benzene rings is 1. The van der Waals surface area contributed by atoms with Crippen LogP contribution in [0.4, 0.5) is 5.69 Å². The molecule has 1 fully saturated rings. The van der Waals surface area contributed by atoms with Crippen molar-refractivity contribution in [2.45, 2.75) is 38.1 Å². The van der Waals surface area contributed by atoms with Crippen LogP contribution in [0.25, 0.3) is 0 Å². The van der Waals surface area contributed by atoms with E-state index >= 15 is 0 Å². The van der Waals surface area contributed by atoms with Crippen molar-refractivity contribution in [1.82, 2.24) is 5.32 Å². The fourth-order valence-corrected chi connectivity index (χ4v) is 3.17. The summed E-state index contributed by atoms with van der Waals surface area (Å²) in [5, 5.41) is 7.30. The van der Waals surface area contributed by atoms with Crippen molar-refractivity contribution >= 4 is 38.9 Å². The molecule has 5 heteroatoms. The van der Waals surface area contributed by atoms with Gasteiger partial charge in [-0.15, -0.1) is 0 Å². The molecule has 1 aliphatic rings. The lowest BCUT2D eigenvalue weighted by Gasteiger charge is -2.24. The molecule has 0 atom stereocenters. The van der Waals surface area contributed by atoms with E-state index in [1.807, 2.05) is 18.2 Å². The molecular formula is C14H19BrN2OS. The maximum Gasteiger partial charge on any atom is 0.170 e. The number of nitrogens with one attached hydrogen (secondary N) is 2. The smallest absolute Gasteiger partial charge is 0.170 e. The molecule has 1 aliphatic carbocycles. The highest BCUT2D eigenvalue weighted by Gasteiger charge is 2.14. The molecule has 0 aromatic heterocycles. The van der Waals surface area contributed by atoms with Gasteiger partial charge in [0.15, 0.2) is 5.11 Å². The molecule has 2 rings (SSSR count). The summed E-state index contributed by atoms with van der Waals surface area (Å²) in [4.78, 5) is 0. The molecule has 2 N–H and O–H groups in total. The number of methoxy groups -OCH3 is 1. The first-order chi connectivity index (χ1) is 9.19. The first-order valence-electron chi connectivity index (χ1n) is 6.60. The summed E-state index contributed by atoms with van der Waals surface area (Å²) in [5.74, 6) is 0.816. The van der Waals surface area contributed by atoms with Crippen LogP contribution in [0.3, 0.4) is 0 Å². The monoisotopic (exact) mass is 342 g/mol. The molecule has 1 aromatic rings. The molecule has 3 nitrogen and oxygen atoms in total. The van der Waals surface area contributed by atoms with Gasteiger partial charge in [-0.2, -0.15) is 0 Å². The molecule has 1 saturated carbocycles. The summed E-state index contributed by atoms with van der Waals surface area (Å²) >= 11 is 8.82. The van der Waals surface area contributed by atoms with E-state index in [1.165, 1.54) is 32.1 Å². The average Bonchev–Trinajstić information content (AvgIpc) is 2.40. The van der Waals surface area contributed by atoms with E-state index in [-0.39, 0.29) is 0 Å². The van der Waals surface area contributed by atoms with Gasteiger partial charge in [0.05, 0.1) is 11.6 Å². The maximum atomic E-state index is 5.35. The van der Waals surface area contributed by atoms with Crippen LogP contribution < -0.4 is 15.4 Å². The first-order valence-corrected chi connectivity index (χ1v) is 7.80. The third kappa shape index (κ3) is 4.35. The number of anilines is 1. The predicted molar refractivity (Wildman–Crippen MR) is 86.9 cm³/mol. The minimum absolute atomic E-state index is 0.524. The quantitative estimate of drug-likeness (QED) is 0.811. The van der Waals surface area contributed by atoms with Gasteiger partial charge in [0, 0.05) is 11.7 Å². The third-order valence-electron chi connectivity index (χ3n) is 3.35. The van der Waals surface area contributed by atoms with Crippen LogP contribution in [0, 0.1) is 0 Å². The number of halogens is 1. The van der Waals surface area contributed by atoms with Crippen molar-refractivity contribution in [3.05, 3.63) is 22.7 Å². The normalized spacial score (nSPS) is 15.9. The number of hydrogen-bond donors (Lipinski definition) is 2. The second kappa shape index (κ2) is 7.10. The van der Waals surface area contributed by atoms with Gasteiger partial charge in [-0.3, -0.25) is 0 Å². The molecule has 0 saturated heterocycles. The molecule has 0 aliphatic heterocycles. The molecule has 0 bridgehead atoms. The van der Waals surface area contributed by atoms with Crippen LogP contribution in [-0.2, 0) is 0 Å². The summed E-state index contributed by atoms with van der Waals surface area (Å²) in [7, 11) is 1.66. The zero-order valence-electron chi connectivity index (χ0n) is 11.0. The number of ether oxygens (including phenoxy) is 1. The Bertz CT molecular complexity index is 447. The van der Waals surface area contributed by atoms with Crippen LogP contribution in [0.5, 0.6) is 5.75 Å². The van der Waals surface area contributed by atoms with E-state index in [1.54, 1.807) is 7.11 Å². The molecule has 0 unspecified atom stereocenters. The van der Waals surface area contributed by atoms with Crippen LogP contribution in [-0.4, -0.2) is 18.3 Å². The minimum atomic E-state index is 0.524. The Labute approximate surface area is 128 Å². The van der Waals surface area contributed by atoms with Crippen molar-refractivity contribution in [3.8, 4) is 5.75 Å². The second-order valence-electron chi connectivity index (χ2n) is 4.78. The molecule has 0 heterocycles. The highest BCUT2D eigenvalue weighted by Crippen LogP contribution is 2.27. The summed E-state index contributed by atoms with van der Waals surface area (Å²) in [6.07, 6.45) is 6.38. The molecule has 0 radical (unpaired) electrons. The van der Waals surface area contributed by atoms with Gasteiger partial charge in [-0.05, 0) is 59.2 Å². The number of hydrogen-bond acceptors (Lipinski definition) is 2. The zero-order valence-corrected chi connectivity index (χ0v) is 13.4. The zero-order chi connectivity index (χ0) is 13.7. The molecule has 19 heavy (non-hydrogen) atoms. The van der Waals surface area contributed by atoms with Gasteiger partial charge in [0.1, 0.15) is 5.75 Å². The Hall–Kier alpha value is -0.810. The summed E-state index contributed by atoms with van der Waals surface area (Å²) in [6.45, 7) is 0. The SMILES string of the molecule is COc1ccc(NC(=S)NC2CCCCC2)cc1Br. The van der Waals surface area contributed by atoms with E-state index < -0.39 is 0 Å². The van der Waals surface area contributed by atoms with Gasteiger partial charge in [0.25, 0.3) is 0 Å². The lowest BCUT2D eigenvalue weighted by Crippen LogP contribution is -2.38. The van der Waals surface area contributed by atoms with E-state index in [0.717, 1.165) is 15.9 Å². The first kappa shape index (κ1) is 14.6. The Morgan fingerprint density at radius 1 is 1.32 bits per heavy atom. The highest BCUT2D eigenvalue weighted by molar-refractivity contribution is 9.10. The minimum Gasteiger partial charge on any atom is -0.496 e. The van der Waals surface area contributed by atoms with E-state index in [4.69, 9.17) is 17.0 Å². The summed E-state index contributed by atoms with van der Waals surface area (Å²) in [6, 6.07) is 6.36. The van der Waals surface area contributed by atoms with Crippen LogP contribution in [0.15, 0.2) is 22.7 Å². The molecule has 0 amide bonds. The maximum absolute atomic E-state index is 5.35. The highest BCUT2D eigenvalue weighted by atomic mass is 79.9. The fourth-order valence-electron chi connectivity index (χ4n) is 2.34. The Morgan fingerprint density at radius 2 is 2.05 bits per heavy atom. The van der Waals surface area contributed by atoms with E-state index in [0.29, 0.717) is 11.2 Å². The van der Waals surface area contributed by atoms with Gasteiger partial charge < -0.3 is 15.4 Å². The predicted octanol–water partition coefficient (Wildman–Crippen LogP) is 4.08. The molecule has 1 aromatic carbocycles. The van der Waals surface area contributed by atoms with Crippen molar-refractivity contribution in [2.75, 3.05) is 12.4 Å². The molecule has 0 spiro atoms. The largest absolute Gasteiger partial charge is 0.496 e. The van der Waals surface area contributed by atoms with E-state index in [9.17, 15) is 0 Å². The standard InChI is InChI=1S/C14H19BrN2OS/c1-18-13-8-7-11(9-12(13)15)17-14(19)16-10-5-3-2-4-6-10/h7-10H,2-6H2,1H3,(H2,16,17,19). The van der Waals surface area contributed by atoms with Crippen molar-refractivity contribution in [1.29, 1.82) is 0 Å². The fraction of sp³-hybridized carbons (Fsp3) is 0.500. The van der Waals surface area contributed by atoms with Gasteiger partial charge in [-0.1, -0.05) is 19.3 Å². The summed E-state index contributed by atoms with van der Waals surface area (Å²) < 4.78 is 6.12. The second-order valence-corrected chi connectivity index (χ2v) is 6.05. The van der Waals surface area contributed by atoms with Gasteiger partial charge >= 0.3 is 0 Å². The average molecular weight is 343 g/mol. The van der Waals surface area contributed by atoms with Crippen LogP contribution in [0.2, 0.25) is 0 Å². The number of thiocarbonyl (C=S) groups is 1. The Kier molecular flexibility index (Phi) is 5.45. The van der Waals surface area contributed by atoms with Gasteiger partial charge in [-0.25, -0.2) is 0 Å². The Balaban J connectivity index is 1.89. The van der Waals surface area contributed by atoms with Gasteiger partial charge in [0.2, 0.25) is 0 Å². The van der Waals surface area contributed by atoms with Crippen molar-refractivity contribution < 1.29 is 4.74 Å². The van der Waals surface area contributed by atoms with Crippen molar-refractivity contribution in [3.63, 3.8) is 0 Å². The molecule has 104 valence electrons. The van der Waals surface area contributed by atoms with Crippen LogP contribution in [0.1, 0.15) is 32.1 Å². The van der Waals surface area contributed by atoms with Crippen LogP contribution >= 0.6 is 28.1 Å². The lowest BCUT2D eigenvalue weighted by atomic mass is 9.96. The Morgan fingerprint density at radius 3 is 2.68 bits per heavy atom. The lowest BCUT2D eigenvalue weighted by molar-refractivity contribution is 0.412.